The van der Waals surface area contributed by atoms with Gasteiger partial charge in [0.05, 0.1) is 5.56 Å². The van der Waals surface area contributed by atoms with E-state index in [1.165, 1.54) is 17.0 Å². The Labute approximate surface area is 186 Å². The van der Waals surface area contributed by atoms with Crippen LogP contribution in [0.2, 0.25) is 0 Å². The zero-order valence-corrected chi connectivity index (χ0v) is 17.7. The first-order valence-corrected chi connectivity index (χ1v) is 10.5. The minimum atomic E-state index is -1.16. The van der Waals surface area contributed by atoms with E-state index in [1.54, 1.807) is 13.0 Å². The molecule has 172 valence electrons. The fraction of sp³-hybridized carbons (Fsp3) is 0.318. The molecule has 1 aliphatic carbocycles. The molecule has 1 aromatic heterocycles. The second kappa shape index (κ2) is 8.93. The standard InChI is InChI=1S/C22H21F2N5O4/c1-13-10-11-14(20(30)31)12-18(13)27(15-6-3-2-4-7-15)21(32)29-22(33)28(25-26-29)19-16(23)8-5-9-17(19)24/h5,8-12,15H,2-4,6-7H2,1H3,(H,30,31). The summed E-state index contributed by atoms with van der Waals surface area (Å²) in [5, 5.41) is 16.5. The van der Waals surface area contributed by atoms with E-state index in [0.29, 0.717) is 33.5 Å². The molecule has 0 bridgehead atoms. The quantitative estimate of drug-likeness (QED) is 0.601. The molecule has 1 aliphatic rings. The Kier molecular flexibility index (Phi) is 6.03. The van der Waals surface area contributed by atoms with Crippen molar-refractivity contribution >= 4 is 17.7 Å². The molecular formula is C22H21F2N5O4. The molecule has 33 heavy (non-hydrogen) atoms. The third-order valence-electron chi connectivity index (χ3n) is 5.77. The van der Waals surface area contributed by atoms with Gasteiger partial charge in [-0.05, 0) is 60.0 Å². The number of aryl methyl sites for hydroxylation is 1. The summed E-state index contributed by atoms with van der Waals surface area (Å²) in [7, 11) is 0. The zero-order valence-electron chi connectivity index (χ0n) is 17.7. The summed E-state index contributed by atoms with van der Waals surface area (Å²) in [6, 6.07) is 6.25. The van der Waals surface area contributed by atoms with Crippen LogP contribution in [0.4, 0.5) is 19.3 Å². The predicted molar refractivity (Wildman–Crippen MR) is 114 cm³/mol. The fourth-order valence-electron chi connectivity index (χ4n) is 4.10. The molecule has 1 fully saturated rings. The van der Waals surface area contributed by atoms with Gasteiger partial charge in [-0.1, -0.05) is 31.4 Å². The number of carbonyl (C=O) groups is 2. The average Bonchev–Trinajstić information content (AvgIpc) is 3.16. The van der Waals surface area contributed by atoms with E-state index in [2.05, 4.69) is 10.4 Å². The summed E-state index contributed by atoms with van der Waals surface area (Å²) >= 11 is 0. The van der Waals surface area contributed by atoms with Crippen LogP contribution in [0.25, 0.3) is 5.69 Å². The van der Waals surface area contributed by atoms with E-state index in [9.17, 15) is 28.3 Å². The van der Waals surface area contributed by atoms with Crippen molar-refractivity contribution in [2.24, 2.45) is 0 Å². The first-order valence-electron chi connectivity index (χ1n) is 10.5. The number of hydrogen-bond acceptors (Lipinski definition) is 5. The molecule has 0 unspecified atom stereocenters. The molecule has 3 aromatic rings. The third-order valence-corrected chi connectivity index (χ3v) is 5.77. The van der Waals surface area contributed by atoms with Crippen LogP contribution in [0.15, 0.2) is 41.2 Å². The van der Waals surface area contributed by atoms with Gasteiger partial charge in [-0.15, -0.1) is 4.68 Å². The molecule has 4 rings (SSSR count). The predicted octanol–water partition coefficient (Wildman–Crippen LogP) is 3.52. The molecule has 1 heterocycles. The van der Waals surface area contributed by atoms with Gasteiger partial charge in [0, 0.05) is 11.7 Å². The van der Waals surface area contributed by atoms with Crippen molar-refractivity contribution in [3.8, 4) is 5.69 Å². The van der Waals surface area contributed by atoms with Crippen LogP contribution in [0.3, 0.4) is 0 Å². The molecule has 0 spiro atoms. The topological polar surface area (TPSA) is 110 Å². The lowest BCUT2D eigenvalue weighted by Gasteiger charge is -2.34. The number of carbonyl (C=O) groups excluding carboxylic acids is 1. The van der Waals surface area contributed by atoms with Crippen molar-refractivity contribution in [3.05, 3.63) is 69.6 Å². The second-order valence-corrected chi connectivity index (χ2v) is 7.91. The number of benzene rings is 2. The van der Waals surface area contributed by atoms with Gasteiger partial charge in [0.15, 0.2) is 11.6 Å². The minimum Gasteiger partial charge on any atom is -0.478 e. The summed E-state index contributed by atoms with van der Waals surface area (Å²) in [6.07, 6.45) is 4.00. The van der Waals surface area contributed by atoms with Gasteiger partial charge in [0.25, 0.3) is 0 Å². The zero-order chi connectivity index (χ0) is 23.7. The van der Waals surface area contributed by atoms with E-state index in [0.717, 1.165) is 37.5 Å². The Morgan fingerprint density at radius 1 is 1.06 bits per heavy atom. The maximum absolute atomic E-state index is 14.2. The van der Waals surface area contributed by atoms with Crippen molar-refractivity contribution in [1.29, 1.82) is 0 Å². The SMILES string of the molecule is Cc1ccc(C(=O)O)cc1N(C(=O)n1nnn(-c2c(F)cccc2F)c1=O)C1CCCCC1. The molecule has 0 radical (unpaired) electrons. The number of hydrogen-bond donors (Lipinski definition) is 1. The molecule has 0 atom stereocenters. The highest BCUT2D eigenvalue weighted by Crippen LogP contribution is 2.31. The molecule has 2 aromatic carbocycles. The Bertz CT molecular complexity index is 1260. The minimum absolute atomic E-state index is 0.0198. The van der Waals surface area contributed by atoms with Crippen molar-refractivity contribution in [2.45, 2.75) is 45.1 Å². The number of amides is 1. The van der Waals surface area contributed by atoms with Crippen LogP contribution in [-0.4, -0.2) is 42.9 Å². The summed E-state index contributed by atoms with van der Waals surface area (Å²) < 4.78 is 29.2. The van der Waals surface area contributed by atoms with Crippen LogP contribution >= 0.6 is 0 Å². The lowest BCUT2D eigenvalue weighted by molar-refractivity contribution is 0.0697. The summed E-state index contributed by atoms with van der Waals surface area (Å²) in [5.74, 6) is -3.23. The smallest absolute Gasteiger partial charge is 0.377 e. The highest BCUT2D eigenvalue weighted by molar-refractivity contribution is 5.96. The Balaban J connectivity index is 1.82. The van der Waals surface area contributed by atoms with Crippen molar-refractivity contribution in [1.82, 2.24) is 19.8 Å². The number of rotatable bonds is 4. The maximum Gasteiger partial charge on any atom is 0.377 e. The molecular weight excluding hydrogens is 436 g/mol. The number of nitrogens with zero attached hydrogens (tertiary/aromatic N) is 5. The molecule has 1 saturated carbocycles. The molecule has 9 nitrogen and oxygen atoms in total. The van der Waals surface area contributed by atoms with Gasteiger partial charge in [0.1, 0.15) is 5.69 Å². The third kappa shape index (κ3) is 4.13. The number of carboxylic acid groups (broad SMARTS) is 1. The molecule has 0 aliphatic heterocycles. The molecule has 1 N–H and O–H groups in total. The lowest BCUT2D eigenvalue weighted by atomic mass is 9.93. The Morgan fingerprint density at radius 2 is 1.73 bits per heavy atom. The van der Waals surface area contributed by atoms with Gasteiger partial charge in [-0.2, -0.15) is 4.68 Å². The van der Waals surface area contributed by atoms with E-state index in [1.807, 2.05) is 0 Å². The molecule has 1 amide bonds. The summed E-state index contributed by atoms with van der Waals surface area (Å²) in [6.45, 7) is 1.72. The maximum atomic E-state index is 14.2. The van der Waals surface area contributed by atoms with Crippen molar-refractivity contribution < 1.29 is 23.5 Å². The van der Waals surface area contributed by atoms with Crippen LogP contribution in [-0.2, 0) is 0 Å². The normalized spacial score (nSPS) is 14.3. The lowest BCUT2D eigenvalue weighted by Crippen LogP contribution is -2.47. The largest absolute Gasteiger partial charge is 0.478 e. The Hall–Kier alpha value is -3.89. The van der Waals surface area contributed by atoms with Gasteiger partial charge in [-0.25, -0.2) is 23.2 Å². The Morgan fingerprint density at radius 3 is 2.36 bits per heavy atom. The average molecular weight is 457 g/mol. The number of carboxylic acids is 1. The molecule has 0 saturated heterocycles. The van der Waals surface area contributed by atoms with Crippen LogP contribution in [0.5, 0.6) is 0 Å². The van der Waals surface area contributed by atoms with Gasteiger partial charge in [0.2, 0.25) is 0 Å². The highest BCUT2D eigenvalue weighted by atomic mass is 19.1. The highest BCUT2D eigenvalue weighted by Gasteiger charge is 2.32. The monoisotopic (exact) mass is 457 g/mol. The van der Waals surface area contributed by atoms with Gasteiger partial charge >= 0.3 is 17.7 Å². The van der Waals surface area contributed by atoms with E-state index < -0.39 is 35.0 Å². The number of aromatic nitrogens is 4. The van der Waals surface area contributed by atoms with Crippen LogP contribution < -0.4 is 10.6 Å². The number of halogens is 2. The second-order valence-electron chi connectivity index (χ2n) is 7.91. The summed E-state index contributed by atoms with van der Waals surface area (Å²) in [5.41, 5.74) is -0.954. The number of para-hydroxylation sites is 1. The number of anilines is 1. The van der Waals surface area contributed by atoms with E-state index >= 15 is 0 Å². The fourth-order valence-corrected chi connectivity index (χ4v) is 4.10. The number of aromatic carboxylic acids is 1. The first-order chi connectivity index (χ1) is 15.8. The van der Waals surface area contributed by atoms with Gasteiger partial charge in [-0.3, -0.25) is 4.90 Å². The van der Waals surface area contributed by atoms with E-state index in [-0.39, 0.29) is 11.6 Å². The van der Waals surface area contributed by atoms with E-state index in [4.69, 9.17) is 0 Å². The first kappa shape index (κ1) is 22.3. The number of tetrazole rings is 1. The van der Waals surface area contributed by atoms with Gasteiger partial charge < -0.3 is 5.11 Å². The van der Waals surface area contributed by atoms with Crippen molar-refractivity contribution in [2.75, 3.05) is 4.90 Å². The molecule has 11 heteroatoms. The van der Waals surface area contributed by atoms with Crippen molar-refractivity contribution in [3.63, 3.8) is 0 Å². The van der Waals surface area contributed by atoms with Crippen LogP contribution in [0, 0.1) is 18.6 Å². The summed E-state index contributed by atoms with van der Waals surface area (Å²) in [4.78, 5) is 39.3. The van der Waals surface area contributed by atoms with Crippen LogP contribution in [0.1, 0.15) is 48.0 Å².